The van der Waals surface area contributed by atoms with Crippen molar-refractivity contribution < 1.29 is 13.2 Å². The number of aryl methyl sites for hydroxylation is 1. The van der Waals surface area contributed by atoms with Gasteiger partial charge in [-0.05, 0) is 32.6 Å². The lowest BCUT2D eigenvalue weighted by atomic mass is 9.94. The minimum Gasteiger partial charge on any atom is -0.355 e. The summed E-state index contributed by atoms with van der Waals surface area (Å²) in [6.07, 6.45) is -1.34. The zero-order valence-corrected chi connectivity index (χ0v) is 13.5. The molecular formula is C15H20F3N5. The highest BCUT2D eigenvalue weighted by Crippen LogP contribution is 2.32. The molecule has 0 amide bonds. The van der Waals surface area contributed by atoms with Crippen LogP contribution in [0.3, 0.4) is 0 Å². The Balaban J connectivity index is 2.05. The molecule has 126 valence electrons. The second kappa shape index (κ2) is 5.65. The van der Waals surface area contributed by atoms with Gasteiger partial charge in [-0.2, -0.15) is 17.7 Å². The molecule has 0 unspecified atom stereocenters. The fourth-order valence-corrected chi connectivity index (χ4v) is 3.14. The number of hydrogen-bond acceptors (Lipinski definition) is 4. The molecule has 1 fully saturated rings. The number of piperidine rings is 1. The molecule has 23 heavy (non-hydrogen) atoms. The molecule has 3 heterocycles. The molecular weight excluding hydrogens is 307 g/mol. The molecule has 0 bridgehead atoms. The maximum atomic E-state index is 13.1. The molecule has 0 N–H and O–H groups in total. The monoisotopic (exact) mass is 327 g/mol. The maximum Gasteiger partial charge on any atom is 0.453 e. The van der Waals surface area contributed by atoms with E-state index in [0.29, 0.717) is 17.3 Å². The Morgan fingerprint density at radius 2 is 1.74 bits per heavy atom. The van der Waals surface area contributed by atoms with Crippen molar-refractivity contribution in [1.82, 2.24) is 19.8 Å². The van der Waals surface area contributed by atoms with Crippen LogP contribution in [-0.4, -0.2) is 32.9 Å². The van der Waals surface area contributed by atoms with E-state index >= 15 is 0 Å². The molecule has 0 aliphatic carbocycles. The SMILES string of the molecule is CCC1CCN(c2nn3c(C(F)(F)F)nnc3c(C)c2C)CC1. The lowest BCUT2D eigenvalue weighted by Crippen LogP contribution is -2.35. The second-order valence-corrected chi connectivity index (χ2v) is 6.17. The third-order valence-electron chi connectivity index (χ3n) is 4.81. The number of halogens is 3. The van der Waals surface area contributed by atoms with Gasteiger partial charge in [-0.25, -0.2) is 0 Å². The standard InChI is InChI=1S/C15H20F3N5/c1-4-11-5-7-22(8-6-11)13-10(3)9(2)12-19-20-14(15(16,17)18)23(12)21-13/h11H,4-8H2,1-3H3. The van der Waals surface area contributed by atoms with Crippen LogP contribution in [0.15, 0.2) is 0 Å². The van der Waals surface area contributed by atoms with Crippen LogP contribution in [0.2, 0.25) is 0 Å². The first kappa shape index (κ1) is 16.0. The predicted octanol–water partition coefficient (Wildman–Crippen LogP) is 3.39. The Kier molecular flexibility index (Phi) is 3.93. The zero-order chi connectivity index (χ0) is 16.8. The van der Waals surface area contributed by atoms with Gasteiger partial charge in [0, 0.05) is 24.2 Å². The van der Waals surface area contributed by atoms with E-state index in [1.54, 1.807) is 6.92 Å². The van der Waals surface area contributed by atoms with Crippen molar-refractivity contribution in [2.45, 2.75) is 46.2 Å². The molecule has 3 rings (SSSR count). The minimum atomic E-state index is -4.57. The Bertz CT molecular complexity index is 714. The van der Waals surface area contributed by atoms with E-state index in [1.807, 2.05) is 6.92 Å². The van der Waals surface area contributed by atoms with Gasteiger partial charge in [-0.1, -0.05) is 13.3 Å². The van der Waals surface area contributed by atoms with Crippen molar-refractivity contribution in [2.75, 3.05) is 18.0 Å². The Labute approximate surface area is 132 Å². The van der Waals surface area contributed by atoms with Gasteiger partial charge in [0.1, 0.15) is 0 Å². The number of hydrogen-bond donors (Lipinski definition) is 0. The molecule has 5 nitrogen and oxygen atoms in total. The summed E-state index contributed by atoms with van der Waals surface area (Å²) in [5, 5.41) is 11.2. The van der Waals surface area contributed by atoms with Gasteiger partial charge in [0.05, 0.1) is 0 Å². The summed E-state index contributed by atoms with van der Waals surface area (Å²) >= 11 is 0. The van der Waals surface area contributed by atoms with Crippen LogP contribution in [0.25, 0.3) is 5.65 Å². The van der Waals surface area contributed by atoms with Crippen LogP contribution in [0.4, 0.5) is 19.0 Å². The van der Waals surface area contributed by atoms with Crippen LogP contribution >= 0.6 is 0 Å². The average Bonchev–Trinajstić information content (AvgIpc) is 2.95. The lowest BCUT2D eigenvalue weighted by Gasteiger charge is -2.33. The highest BCUT2D eigenvalue weighted by Gasteiger charge is 2.38. The summed E-state index contributed by atoms with van der Waals surface area (Å²) in [5.41, 5.74) is 1.73. The largest absolute Gasteiger partial charge is 0.453 e. The van der Waals surface area contributed by atoms with Crippen molar-refractivity contribution in [3.63, 3.8) is 0 Å². The van der Waals surface area contributed by atoms with Crippen LogP contribution in [0.5, 0.6) is 0 Å². The quantitative estimate of drug-likeness (QED) is 0.848. The smallest absolute Gasteiger partial charge is 0.355 e. The van der Waals surface area contributed by atoms with E-state index in [4.69, 9.17) is 0 Å². The lowest BCUT2D eigenvalue weighted by molar-refractivity contribution is -0.146. The Hall–Kier alpha value is -1.86. The van der Waals surface area contributed by atoms with Crippen molar-refractivity contribution in [2.24, 2.45) is 5.92 Å². The van der Waals surface area contributed by atoms with Crippen molar-refractivity contribution in [3.8, 4) is 0 Å². The number of nitrogens with zero attached hydrogens (tertiary/aromatic N) is 5. The fourth-order valence-electron chi connectivity index (χ4n) is 3.14. The maximum absolute atomic E-state index is 13.1. The third kappa shape index (κ3) is 2.74. The molecule has 2 aromatic heterocycles. The summed E-state index contributed by atoms with van der Waals surface area (Å²) in [7, 11) is 0. The zero-order valence-electron chi connectivity index (χ0n) is 13.5. The third-order valence-corrected chi connectivity index (χ3v) is 4.81. The summed E-state index contributed by atoms with van der Waals surface area (Å²) < 4.78 is 40.1. The van der Waals surface area contributed by atoms with Gasteiger partial charge >= 0.3 is 6.18 Å². The number of alkyl halides is 3. The minimum absolute atomic E-state index is 0.169. The highest BCUT2D eigenvalue weighted by atomic mass is 19.4. The Morgan fingerprint density at radius 1 is 1.09 bits per heavy atom. The fraction of sp³-hybridized carbons (Fsp3) is 0.667. The van der Waals surface area contributed by atoms with Crippen molar-refractivity contribution >= 4 is 11.5 Å². The summed E-state index contributed by atoms with van der Waals surface area (Å²) in [6.45, 7) is 7.46. The van der Waals surface area contributed by atoms with Gasteiger partial charge < -0.3 is 4.90 Å². The highest BCUT2D eigenvalue weighted by molar-refractivity contribution is 5.59. The van der Waals surface area contributed by atoms with Gasteiger partial charge in [-0.15, -0.1) is 15.3 Å². The first-order valence-corrected chi connectivity index (χ1v) is 7.87. The molecule has 0 saturated carbocycles. The van der Waals surface area contributed by atoms with Gasteiger partial charge in [0.15, 0.2) is 11.5 Å². The van der Waals surface area contributed by atoms with E-state index in [0.717, 1.165) is 42.4 Å². The van der Waals surface area contributed by atoms with Crippen LogP contribution in [0.1, 0.15) is 43.1 Å². The molecule has 1 saturated heterocycles. The topological polar surface area (TPSA) is 46.3 Å². The van der Waals surface area contributed by atoms with Crippen LogP contribution < -0.4 is 4.90 Å². The van der Waals surface area contributed by atoms with E-state index in [-0.39, 0.29) is 5.65 Å². The van der Waals surface area contributed by atoms with E-state index < -0.39 is 12.0 Å². The van der Waals surface area contributed by atoms with Crippen molar-refractivity contribution in [3.05, 3.63) is 17.0 Å². The van der Waals surface area contributed by atoms with E-state index in [2.05, 4.69) is 27.1 Å². The number of rotatable bonds is 2. The van der Waals surface area contributed by atoms with Gasteiger partial charge in [-0.3, -0.25) is 0 Å². The van der Waals surface area contributed by atoms with Gasteiger partial charge in [0.25, 0.3) is 5.82 Å². The van der Waals surface area contributed by atoms with Crippen LogP contribution in [-0.2, 0) is 6.18 Å². The number of anilines is 1. The first-order chi connectivity index (χ1) is 10.8. The molecule has 0 spiro atoms. The molecule has 2 aromatic rings. The number of fused-ring (bicyclic) bond motifs is 1. The summed E-state index contributed by atoms with van der Waals surface area (Å²) in [5.74, 6) is 0.229. The molecule has 0 atom stereocenters. The Morgan fingerprint density at radius 3 is 2.30 bits per heavy atom. The molecule has 0 radical (unpaired) electrons. The van der Waals surface area contributed by atoms with Crippen LogP contribution in [0, 0.1) is 19.8 Å². The average molecular weight is 327 g/mol. The normalized spacial score (nSPS) is 17.2. The summed E-state index contributed by atoms with van der Waals surface area (Å²) in [6, 6.07) is 0. The van der Waals surface area contributed by atoms with Crippen molar-refractivity contribution in [1.29, 1.82) is 0 Å². The predicted molar refractivity (Wildman–Crippen MR) is 80.5 cm³/mol. The molecule has 0 aromatic carbocycles. The summed E-state index contributed by atoms with van der Waals surface area (Å²) in [4.78, 5) is 2.08. The van der Waals surface area contributed by atoms with E-state index in [1.165, 1.54) is 0 Å². The second-order valence-electron chi connectivity index (χ2n) is 6.17. The van der Waals surface area contributed by atoms with E-state index in [9.17, 15) is 13.2 Å². The number of aromatic nitrogens is 4. The molecule has 1 aliphatic heterocycles. The molecule has 1 aliphatic rings. The first-order valence-electron chi connectivity index (χ1n) is 7.87. The van der Waals surface area contributed by atoms with Gasteiger partial charge in [0.2, 0.25) is 0 Å². The molecule has 8 heteroatoms.